The first-order valence-corrected chi connectivity index (χ1v) is 12.9. The number of carbonyl (C=O) groups is 2. The van der Waals surface area contributed by atoms with E-state index < -0.39 is 5.97 Å². The topological polar surface area (TPSA) is 101 Å². The summed E-state index contributed by atoms with van der Waals surface area (Å²) in [4.78, 5) is 22.9. The van der Waals surface area contributed by atoms with Gasteiger partial charge in [0.25, 0.3) is 5.91 Å². The number of anilines is 1. The van der Waals surface area contributed by atoms with Crippen molar-refractivity contribution in [2.75, 3.05) is 25.1 Å². The van der Waals surface area contributed by atoms with Gasteiger partial charge in [-0.25, -0.2) is 0 Å². The van der Waals surface area contributed by atoms with Crippen molar-refractivity contribution in [3.63, 3.8) is 0 Å². The van der Waals surface area contributed by atoms with Gasteiger partial charge in [0.05, 0.1) is 19.1 Å². The first kappa shape index (κ1) is 26.9. The number of carboxylic acids is 1. The molecule has 0 aliphatic heterocycles. The van der Waals surface area contributed by atoms with Crippen molar-refractivity contribution < 1.29 is 23.8 Å². The fraction of sp³-hybridized carbons (Fsp3) is 0.290. The lowest BCUT2D eigenvalue weighted by atomic mass is 10.0. The average molecular weight is 515 g/mol. The average Bonchev–Trinajstić information content (AvgIpc) is 3.33. The number of amides is 1. The van der Waals surface area contributed by atoms with Crippen LogP contribution in [0.3, 0.4) is 0 Å². The third-order valence-corrected chi connectivity index (χ3v) is 6.06. The van der Waals surface area contributed by atoms with Gasteiger partial charge >= 0.3 is 5.97 Å². The Morgan fingerprint density at radius 2 is 1.68 bits per heavy atom. The van der Waals surface area contributed by atoms with E-state index in [-0.39, 0.29) is 24.9 Å². The third kappa shape index (κ3) is 7.70. The predicted octanol–water partition coefficient (Wildman–Crippen LogP) is 6.00. The second-order valence-electron chi connectivity index (χ2n) is 9.80. The van der Waals surface area contributed by atoms with Crippen molar-refractivity contribution in [1.29, 1.82) is 0 Å². The SMILES string of the molecule is CC(C)COC[C@H](Cc1ccc(-c2cc3ccccc3o2)cc1)Nc1ccc(C(=O)NCCC(=O)O)cc1. The van der Waals surface area contributed by atoms with Gasteiger partial charge in [-0.15, -0.1) is 0 Å². The van der Waals surface area contributed by atoms with Crippen LogP contribution in [0, 0.1) is 5.92 Å². The van der Waals surface area contributed by atoms with Gasteiger partial charge in [-0.1, -0.05) is 56.3 Å². The van der Waals surface area contributed by atoms with Gasteiger partial charge in [0.2, 0.25) is 0 Å². The molecular formula is C31H34N2O5. The van der Waals surface area contributed by atoms with Crippen molar-refractivity contribution in [3.8, 4) is 11.3 Å². The molecule has 4 rings (SSSR count). The van der Waals surface area contributed by atoms with Crippen molar-refractivity contribution in [1.82, 2.24) is 5.32 Å². The van der Waals surface area contributed by atoms with Crippen LogP contribution in [0.5, 0.6) is 0 Å². The van der Waals surface area contributed by atoms with E-state index in [1.54, 1.807) is 12.1 Å². The van der Waals surface area contributed by atoms with Crippen molar-refractivity contribution in [3.05, 3.63) is 90.0 Å². The van der Waals surface area contributed by atoms with Crippen LogP contribution in [-0.2, 0) is 16.0 Å². The molecule has 0 saturated carbocycles. The van der Waals surface area contributed by atoms with Crippen LogP contribution in [0.1, 0.15) is 36.2 Å². The maximum Gasteiger partial charge on any atom is 0.305 e. The Bertz CT molecular complexity index is 1310. The Kier molecular flexibility index (Phi) is 9.16. The molecule has 198 valence electrons. The second kappa shape index (κ2) is 12.9. The molecule has 7 nitrogen and oxygen atoms in total. The number of fused-ring (bicyclic) bond motifs is 1. The molecule has 0 saturated heterocycles. The molecule has 3 N–H and O–H groups in total. The zero-order chi connectivity index (χ0) is 26.9. The van der Waals surface area contributed by atoms with E-state index in [1.165, 1.54) is 5.56 Å². The largest absolute Gasteiger partial charge is 0.481 e. The van der Waals surface area contributed by atoms with Crippen LogP contribution in [0.4, 0.5) is 5.69 Å². The van der Waals surface area contributed by atoms with Gasteiger partial charge in [0, 0.05) is 35.4 Å². The van der Waals surface area contributed by atoms with Gasteiger partial charge in [0.15, 0.2) is 0 Å². The minimum atomic E-state index is -0.945. The molecule has 0 fully saturated rings. The highest BCUT2D eigenvalue weighted by atomic mass is 16.5. The number of rotatable bonds is 13. The van der Waals surface area contributed by atoms with E-state index in [4.69, 9.17) is 14.3 Å². The van der Waals surface area contributed by atoms with Gasteiger partial charge in [-0.3, -0.25) is 9.59 Å². The second-order valence-corrected chi connectivity index (χ2v) is 9.80. The molecular weight excluding hydrogens is 480 g/mol. The lowest BCUT2D eigenvalue weighted by Crippen LogP contribution is -2.29. The number of carbonyl (C=O) groups excluding carboxylic acids is 1. The highest BCUT2D eigenvalue weighted by molar-refractivity contribution is 5.94. The fourth-order valence-corrected chi connectivity index (χ4v) is 4.15. The zero-order valence-corrected chi connectivity index (χ0v) is 21.8. The van der Waals surface area contributed by atoms with Crippen LogP contribution >= 0.6 is 0 Å². The van der Waals surface area contributed by atoms with E-state index >= 15 is 0 Å². The number of ether oxygens (including phenoxy) is 1. The summed E-state index contributed by atoms with van der Waals surface area (Å²) in [5.41, 5.74) is 4.44. The fourth-order valence-electron chi connectivity index (χ4n) is 4.15. The Balaban J connectivity index is 1.40. The zero-order valence-electron chi connectivity index (χ0n) is 21.8. The van der Waals surface area contributed by atoms with Gasteiger partial charge in [-0.2, -0.15) is 0 Å². The molecule has 0 aliphatic rings. The highest BCUT2D eigenvalue weighted by Gasteiger charge is 2.13. The summed E-state index contributed by atoms with van der Waals surface area (Å²) in [5.74, 6) is 0.0522. The molecule has 4 aromatic rings. The Hall–Kier alpha value is -4.10. The molecule has 1 heterocycles. The first-order chi connectivity index (χ1) is 18.4. The monoisotopic (exact) mass is 514 g/mol. The van der Waals surface area contributed by atoms with Crippen molar-refractivity contribution in [2.45, 2.75) is 32.7 Å². The summed E-state index contributed by atoms with van der Waals surface area (Å²) in [6.45, 7) is 5.57. The van der Waals surface area contributed by atoms with E-state index in [9.17, 15) is 9.59 Å². The molecule has 38 heavy (non-hydrogen) atoms. The summed E-state index contributed by atoms with van der Waals surface area (Å²) in [6.07, 6.45) is 0.651. The Labute approximate surface area is 222 Å². The maximum atomic E-state index is 12.2. The molecule has 0 unspecified atom stereocenters. The number of benzene rings is 3. The number of para-hydroxylation sites is 1. The minimum absolute atomic E-state index is 0.0287. The summed E-state index contributed by atoms with van der Waals surface area (Å²) in [5, 5.41) is 16.0. The first-order valence-electron chi connectivity index (χ1n) is 12.9. The number of aliphatic carboxylic acids is 1. The molecule has 0 radical (unpaired) electrons. The normalized spacial score (nSPS) is 12.0. The molecule has 7 heteroatoms. The van der Waals surface area contributed by atoms with Gasteiger partial charge < -0.3 is 24.9 Å². The molecule has 0 aliphatic carbocycles. The number of hydrogen-bond donors (Lipinski definition) is 3. The van der Waals surface area contributed by atoms with Gasteiger partial charge in [0.1, 0.15) is 11.3 Å². The van der Waals surface area contributed by atoms with E-state index in [0.717, 1.165) is 34.4 Å². The number of furan rings is 1. The molecule has 1 aromatic heterocycles. The minimum Gasteiger partial charge on any atom is -0.481 e. The smallest absolute Gasteiger partial charge is 0.305 e. The van der Waals surface area contributed by atoms with Crippen molar-refractivity contribution in [2.24, 2.45) is 5.92 Å². The molecule has 3 aromatic carbocycles. The lowest BCUT2D eigenvalue weighted by Gasteiger charge is -2.21. The van der Waals surface area contributed by atoms with E-state index in [1.807, 2.05) is 36.4 Å². The quantitative estimate of drug-likeness (QED) is 0.202. The third-order valence-electron chi connectivity index (χ3n) is 6.06. The van der Waals surface area contributed by atoms with E-state index in [0.29, 0.717) is 24.7 Å². The van der Waals surface area contributed by atoms with Gasteiger partial charge in [-0.05, 0) is 54.3 Å². The number of nitrogens with one attached hydrogen (secondary N) is 2. The number of carboxylic acid groups (broad SMARTS) is 1. The van der Waals surface area contributed by atoms with Crippen LogP contribution in [0.25, 0.3) is 22.3 Å². The summed E-state index contributed by atoms with van der Waals surface area (Å²) in [7, 11) is 0. The molecule has 1 atom stereocenters. The van der Waals surface area contributed by atoms with Crippen LogP contribution in [-0.4, -0.2) is 42.8 Å². The van der Waals surface area contributed by atoms with Crippen molar-refractivity contribution >= 4 is 28.5 Å². The maximum absolute atomic E-state index is 12.2. The Morgan fingerprint density at radius 3 is 2.37 bits per heavy atom. The van der Waals surface area contributed by atoms with Crippen LogP contribution in [0.2, 0.25) is 0 Å². The lowest BCUT2D eigenvalue weighted by molar-refractivity contribution is -0.136. The summed E-state index contributed by atoms with van der Waals surface area (Å²) in [6, 6.07) is 25.6. The van der Waals surface area contributed by atoms with E-state index in [2.05, 4.69) is 54.8 Å². The predicted molar refractivity (Wildman–Crippen MR) is 149 cm³/mol. The number of hydrogen-bond acceptors (Lipinski definition) is 5. The van der Waals surface area contributed by atoms with Crippen LogP contribution < -0.4 is 10.6 Å². The summed E-state index contributed by atoms with van der Waals surface area (Å²) >= 11 is 0. The van der Waals surface area contributed by atoms with Crippen LogP contribution in [0.15, 0.2) is 83.3 Å². The Morgan fingerprint density at radius 1 is 0.947 bits per heavy atom. The molecule has 1 amide bonds. The molecule has 0 spiro atoms. The molecule has 0 bridgehead atoms. The highest BCUT2D eigenvalue weighted by Crippen LogP contribution is 2.28. The summed E-state index contributed by atoms with van der Waals surface area (Å²) < 4.78 is 12.0. The standard InChI is InChI=1S/C31H34N2O5/c1-21(2)19-37-20-27(33-26-13-11-24(12-14-26)31(36)32-16-15-30(34)35)17-22-7-9-23(10-8-22)29-18-25-5-3-4-6-28(25)38-29/h3-14,18,21,27,33H,15-17,19-20H2,1-2H3,(H,32,36)(H,34,35)/t27-/m0/s1.